The first-order chi connectivity index (χ1) is 16.3. The second-order valence-electron chi connectivity index (χ2n) is 8.98. The molecule has 180 valence electrons. The first kappa shape index (κ1) is 25.0. The summed E-state index contributed by atoms with van der Waals surface area (Å²) in [4.78, 5) is 41.2. The fraction of sp³-hybridized carbons (Fsp3) is 0.370. The highest BCUT2D eigenvalue weighted by Gasteiger charge is 2.23. The number of H-pyrrole nitrogens is 1. The van der Waals surface area contributed by atoms with Gasteiger partial charge in [-0.1, -0.05) is 51.1 Å². The Balaban J connectivity index is 1.71. The molecule has 1 aromatic heterocycles. The number of benzene rings is 2. The molecule has 2 aromatic carbocycles. The van der Waals surface area contributed by atoms with Gasteiger partial charge in [-0.3, -0.25) is 14.4 Å². The van der Waals surface area contributed by atoms with Crippen LogP contribution < -0.4 is 16.0 Å². The van der Waals surface area contributed by atoms with Crippen LogP contribution in [0.25, 0.3) is 10.9 Å². The lowest BCUT2D eigenvalue weighted by molar-refractivity contribution is -0.130. The molecule has 34 heavy (non-hydrogen) atoms. The van der Waals surface area contributed by atoms with Gasteiger partial charge in [0.25, 0.3) is 5.91 Å². The van der Waals surface area contributed by atoms with Crippen molar-refractivity contribution >= 4 is 28.6 Å². The van der Waals surface area contributed by atoms with Crippen molar-refractivity contribution in [2.75, 3.05) is 0 Å². The number of nitrogens with one attached hydrogen (secondary N) is 4. The second-order valence-corrected chi connectivity index (χ2v) is 8.98. The quantitative estimate of drug-likeness (QED) is 0.369. The third kappa shape index (κ3) is 6.47. The molecule has 0 aliphatic heterocycles. The summed E-state index contributed by atoms with van der Waals surface area (Å²) in [5.41, 5.74) is 3.31. The lowest BCUT2D eigenvalue weighted by Crippen LogP contribution is -2.49. The van der Waals surface area contributed by atoms with Crippen LogP contribution in [0.2, 0.25) is 0 Å². The summed E-state index contributed by atoms with van der Waals surface area (Å²) in [6.45, 7) is 7.83. The standard InChI is InChI=1S/C27H34N4O3/c1-5-18(4)30-26(33)20-10-8-9-19(13-20)15-29-27(34)24(31-25(32)17(2)3)14-21-16-28-23-12-7-6-11-22(21)23/h6-13,16-18,24,28H,5,14-15H2,1-4H3,(H,29,34)(H,30,33)(H,31,32). The third-order valence-electron chi connectivity index (χ3n) is 5.90. The van der Waals surface area contributed by atoms with Crippen LogP contribution >= 0.6 is 0 Å². The van der Waals surface area contributed by atoms with Crippen molar-refractivity contribution in [3.05, 3.63) is 71.4 Å². The Morgan fingerprint density at radius 3 is 2.44 bits per heavy atom. The van der Waals surface area contributed by atoms with Crippen molar-refractivity contribution in [2.45, 2.75) is 59.2 Å². The van der Waals surface area contributed by atoms with E-state index in [0.29, 0.717) is 12.0 Å². The zero-order valence-corrected chi connectivity index (χ0v) is 20.3. The van der Waals surface area contributed by atoms with Gasteiger partial charge in [0.05, 0.1) is 0 Å². The fourth-order valence-electron chi connectivity index (χ4n) is 3.61. The molecule has 0 saturated heterocycles. The van der Waals surface area contributed by atoms with E-state index in [0.717, 1.165) is 28.5 Å². The molecule has 0 aliphatic rings. The fourth-order valence-corrected chi connectivity index (χ4v) is 3.61. The summed E-state index contributed by atoms with van der Waals surface area (Å²) in [5.74, 6) is -0.819. The van der Waals surface area contributed by atoms with Gasteiger partial charge in [0.15, 0.2) is 0 Å². The number of hydrogen-bond acceptors (Lipinski definition) is 3. The Hall–Kier alpha value is -3.61. The molecular weight excluding hydrogens is 428 g/mol. The molecule has 0 bridgehead atoms. The first-order valence-corrected chi connectivity index (χ1v) is 11.8. The van der Waals surface area contributed by atoms with Crippen LogP contribution in [0, 0.1) is 5.92 Å². The van der Waals surface area contributed by atoms with E-state index in [1.165, 1.54) is 0 Å². The van der Waals surface area contributed by atoms with E-state index in [-0.39, 0.29) is 36.2 Å². The Kier molecular flexibility index (Phi) is 8.46. The molecule has 7 nitrogen and oxygen atoms in total. The predicted octanol–water partition coefficient (Wildman–Crippen LogP) is 3.70. The van der Waals surface area contributed by atoms with E-state index >= 15 is 0 Å². The molecule has 4 N–H and O–H groups in total. The molecular formula is C27H34N4O3. The number of rotatable bonds is 10. The summed E-state index contributed by atoms with van der Waals surface area (Å²) in [7, 11) is 0. The SMILES string of the molecule is CCC(C)NC(=O)c1cccc(CNC(=O)C(Cc2c[nH]c3ccccc23)NC(=O)C(C)C)c1. The topological polar surface area (TPSA) is 103 Å². The largest absolute Gasteiger partial charge is 0.361 e. The number of carbonyl (C=O) groups excluding carboxylic acids is 3. The Labute approximate surface area is 200 Å². The van der Waals surface area contributed by atoms with Gasteiger partial charge in [-0.15, -0.1) is 0 Å². The monoisotopic (exact) mass is 462 g/mol. The van der Waals surface area contributed by atoms with Gasteiger partial charge in [0.2, 0.25) is 11.8 Å². The Bertz CT molecular complexity index is 1150. The molecule has 0 aliphatic carbocycles. The van der Waals surface area contributed by atoms with E-state index in [2.05, 4.69) is 20.9 Å². The van der Waals surface area contributed by atoms with Crippen molar-refractivity contribution in [2.24, 2.45) is 5.92 Å². The number of fused-ring (bicyclic) bond motifs is 1. The zero-order valence-electron chi connectivity index (χ0n) is 20.3. The molecule has 2 unspecified atom stereocenters. The molecule has 0 radical (unpaired) electrons. The lowest BCUT2D eigenvalue weighted by Gasteiger charge is -2.20. The van der Waals surface area contributed by atoms with Gasteiger partial charge in [0, 0.05) is 47.6 Å². The Morgan fingerprint density at radius 2 is 1.71 bits per heavy atom. The highest BCUT2D eigenvalue weighted by molar-refractivity contribution is 5.94. The highest BCUT2D eigenvalue weighted by atomic mass is 16.2. The van der Waals surface area contributed by atoms with Crippen LogP contribution in [0.4, 0.5) is 0 Å². The summed E-state index contributed by atoms with van der Waals surface area (Å²) in [6.07, 6.45) is 3.10. The molecule has 0 saturated carbocycles. The highest BCUT2D eigenvalue weighted by Crippen LogP contribution is 2.19. The van der Waals surface area contributed by atoms with Crippen molar-refractivity contribution < 1.29 is 14.4 Å². The Morgan fingerprint density at radius 1 is 0.941 bits per heavy atom. The van der Waals surface area contributed by atoms with Crippen molar-refractivity contribution in [1.82, 2.24) is 20.9 Å². The average Bonchev–Trinajstić information content (AvgIpc) is 3.24. The maximum atomic E-state index is 13.1. The normalized spacial score (nSPS) is 12.9. The van der Waals surface area contributed by atoms with Gasteiger partial charge in [-0.25, -0.2) is 0 Å². The minimum atomic E-state index is -0.717. The van der Waals surface area contributed by atoms with Gasteiger partial charge in [-0.2, -0.15) is 0 Å². The predicted molar refractivity (Wildman–Crippen MR) is 134 cm³/mol. The maximum Gasteiger partial charge on any atom is 0.251 e. The second kappa shape index (κ2) is 11.5. The van der Waals surface area contributed by atoms with E-state index < -0.39 is 6.04 Å². The van der Waals surface area contributed by atoms with Crippen molar-refractivity contribution in [1.29, 1.82) is 0 Å². The van der Waals surface area contributed by atoms with E-state index in [9.17, 15) is 14.4 Å². The molecule has 7 heteroatoms. The van der Waals surface area contributed by atoms with Gasteiger partial charge >= 0.3 is 0 Å². The minimum absolute atomic E-state index is 0.0886. The number of aromatic nitrogens is 1. The molecule has 3 amide bonds. The first-order valence-electron chi connectivity index (χ1n) is 11.8. The maximum absolute atomic E-state index is 13.1. The van der Waals surface area contributed by atoms with Crippen LogP contribution in [-0.4, -0.2) is 34.8 Å². The van der Waals surface area contributed by atoms with Gasteiger partial charge < -0.3 is 20.9 Å². The van der Waals surface area contributed by atoms with Gasteiger partial charge in [-0.05, 0) is 42.7 Å². The average molecular weight is 463 g/mol. The smallest absolute Gasteiger partial charge is 0.251 e. The number of aromatic amines is 1. The van der Waals surface area contributed by atoms with Crippen molar-refractivity contribution in [3.63, 3.8) is 0 Å². The lowest BCUT2D eigenvalue weighted by atomic mass is 10.0. The van der Waals surface area contributed by atoms with Crippen LogP contribution in [0.3, 0.4) is 0 Å². The molecule has 3 aromatic rings. The van der Waals surface area contributed by atoms with Crippen LogP contribution in [-0.2, 0) is 22.6 Å². The molecule has 1 heterocycles. The molecule has 0 spiro atoms. The minimum Gasteiger partial charge on any atom is -0.361 e. The molecule has 2 atom stereocenters. The van der Waals surface area contributed by atoms with Crippen LogP contribution in [0.15, 0.2) is 54.7 Å². The van der Waals surface area contributed by atoms with E-state index in [4.69, 9.17) is 0 Å². The van der Waals surface area contributed by atoms with Crippen LogP contribution in [0.5, 0.6) is 0 Å². The van der Waals surface area contributed by atoms with Crippen molar-refractivity contribution in [3.8, 4) is 0 Å². The third-order valence-corrected chi connectivity index (χ3v) is 5.90. The summed E-state index contributed by atoms with van der Waals surface area (Å²) < 4.78 is 0. The summed E-state index contributed by atoms with van der Waals surface area (Å²) >= 11 is 0. The van der Waals surface area contributed by atoms with Crippen LogP contribution in [0.1, 0.15) is 55.6 Å². The zero-order chi connectivity index (χ0) is 24.7. The van der Waals surface area contributed by atoms with E-state index in [1.54, 1.807) is 32.0 Å². The van der Waals surface area contributed by atoms with E-state index in [1.807, 2.05) is 50.4 Å². The number of hydrogen-bond donors (Lipinski definition) is 4. The number of carbonyl (C=O) groups is 3. The summed E-state index contributed by atoms with van der Waals surface area (Å²) in [6, 6.07) is 14.4. The summed E-state index contributed by atoms with van der Waals surface area (Å²) in [5, 5.41) is 9.79. The van der Waals surface area contributed by atoms with Gasteiger partial charge in [0.1, 0.15) is 6.04 Å². The molecule has 3 rings (SSSR count). The number of para-hydroxylation sites is 1. The molecule has 0 fully saturated rings. The number of amides is 3.